The van der Waals surface area contributed by atoms with E-state index in [1.807, 2.05) is 50.2 Å². The Labute approximate surface area is 181 Å². The molecule has 0 aliphatic rings. The van der Waals surface area contributed by atoms with Crippen LogP contribution in [0.3, 0.4) is 0 Å². The van der Waals surface area contributed by atoms with Crippen LogP contribution in [0.25, 0.3) is 0 Å². The lowest BCUT2D eigenvalue weighted by Crippen LogP contribution is -2.34. The van der Waals surface area contributed by atoms with Gasteiger partial charge in [-0.1, -0.05) is 0 Å². The SMILES string of the molecule is CC(C)Oc1ccc(NC(=NCC(=O)NCc2ccco2)NCCc2ccco2)cc1. The molecule has 3 aromatic rings. The average Bonchev–Trinajstić information content (AvgIpc) is 3.45. The molecule has 8 nitrogen and oxygen atoms in total. The van der Waals surface area contributed by atoms with Gasteiger partial charge in [0.15, 0.2) is 5.96 Å². The first-order chi connectivity index (χ1) is 15.1. The molecule has 1 amide bonds. The lowest BCUT2D eigenvalue weighted by atomic mass is 10.3. The fourth-order valence-electron chi connectivity index (χ4n) is 2.73. The van der Waals surface area contributed by atoms with Crippen LogP contribution in [0, 0.1) is 0 Å². The van der Waals surface area contributed by atoms with Crippen LogP contribution >= 0.6 is 0 Å². The number of rotatable bonds is 10. The summed E-state index contributed by atoms with van der Waals surface area (Å²) in [4.78, 5) is 16.6. The summed E-state index contributed by atoms with van der Waals surface area (Å²) in [5, 5.41) is 9.23. The van der Waals surface area contributed by atoms with Crippen molar-refractivity contribution >= 4 is 17.6 Å². The molecule has 0 unspecified atom stereocenters. The number of benzene rings is 1. The minimum Gasteiger partial charge on any atom is -0.491 e. The fourth-order valence-corrected chi connectivity index (χ4v) is 2.73. The van der Waals surface area contributed by atoms with Gasteiger partial charge in [0.2, 0.25) is 5.91 Å². The molecule has 164 valence electrons. The maximum Gasteiger partial charge on any atom is 0.242 e. The number of nitrogens with one attached hydrogen (secondary N) is 3. The Morgan fingerprint density at radius 2 is 1.71 bits per heavy atom. The zero-order chi connectivity index (χ0) is 21.9. The van der Waals surface area contributed by atoms with Crippen LogP contribution in [0.5, 0.6) is 5.75 Å². The fraction of sp³-hybridized carbons (Fsp3) is 0.304. The number of carbonyl (C=O) groups is 1. The molecule has 2 heterocycles. The molecule has 8 heteroatoms. The summed E-state index contributed by atoms with van der Waals surface area (Å²) in [7, 11) is 0. The number of aliphatic imine (C=N–C) groups is 1. The van der Waals surface area contributed by atoms with E-state index in [1.54, 1.807) is 24.7 Å². The van der Waals surface area contributed by atoms with Gasteiger partial charge in [-0.2, -0.15) is 0 Å². The van der Waals surface area contributed by atoms with Crippen molar-refractivity contribution < 1.29 is 18.4 Å². The van der Waals surface area contributed by atoms with Gasteiger partial charge in [-0.25, -0.2) is 4.99 Å². The molecule has 0 bridgehead atoms. The van der Waals surface area contributed by atoms with Gasteiger partial charge in [-0.15, -0.1) is 0 Å². The third-order valence-corrected chi connectivity index (χ3v) is 4.15. The summed E-state index contributed by atoms with van der Waals surface area (Å²) in [6, 6.07) is 14.9. The highest BCUT2D eigenvalue weighted by atomic mass is 16.5. The highest BCUT2D eigenvalue weighted by Crippen LogP contribution is 2.16. The van der Waals surface area contributed by atoms with E-state index in [1.165, 1.54) is 0 Å². The van der Waals surface area contributed by atoms with Gasteiger partial charge in [0, 0.05) is 18.7 Å². The molecule has 1 aromatic carbocycles. The Morgan fingerprint density at radius 3 is 2.35 bits per heavy atom. The third-order valence-electron chi connectivity index (χ3n) is 4.15. The second-order valence-corrected chi connectivity index (χ2v) is 7.09. The van der Waals surface area contributed by atoms with E-state index in [9.17, 15) is 4.79 Å². The molecule has 2 aromatic heterocycles. The monoisotopic (exact) mass is 424 g/mol. The first-order valence-corrected chi connectivity index (χ1v) is 10.2. The summed E-state index contributed by atoms with van der Waals surface area (Å²) in [5.41, 5.74) is 0.830. The first kappa shape index (κ1) is 22.0. The van der Waals surface area contributed by atoms with E-state index in [0.717, 1.165) is 17.2 Å². The molecule has 0 atom stereocenters. The van der Waals surface area contributed by atoms with Gasteiger partial charge in [0.05, 0.1) is 25.2 Å². The van der Waals surface area contributed by atoms with E-state index in [2.05, 4.69) is 20.9 Å². The Kier molecular flexibility index (Phi) is 8.16. The smallest absolute Gasteiger partial charge is 0.242 e. The van der Waals surface area contributed by atoms with Crippen molar-refractivity contribution in [3.8, 4) is 5.75 Å². The van der Waals surface area contributed by atoms with Crippen molar-refractivity contribution in [3.63, 3.8) is 0 Å². The zero-order valence-corrected chi connectivity index (χ0v) is 17.8. The molecular formula is C23H28N4O4. The van der Waals surface area contributed by atoms with Crippen LogP contribution in [0.15, 0.2) is 74.9 Å². The number of guanidine groups is 1. The molecule has 0 radical (unpaired) electrons. The van der Waals surface area contributed by atoms with E-state index < -0.39 is 0 Å². The summed E-state index contributed by atoms with van der Waals surface area (Å²) in [6.07, 6.45) is 4.02. The number of amides is 1. The van der Waals surface area contributed by atoms with Gasteiger partial charge in [-0.3, -0.25) is 4.79 Å². The van der Waals surface area contributed by atoms with Crippen molar-refractivity contribution in [3.05, 3.63) is 72.6 Å². The predicted octanol–water partition coefficient (Wildman–Crippen LogP) is 3.58. The van der Waals surface area contributed by atoms with Crippen molar-refractivity contribution in [2.45, 2.75) is 32.9 Å². The van der Waals surface area contributed by atoms with Gasteiger partial charge in [0.1, 0.15) is 23.8 Å². The number of nitrogens with zero attached hydrogens (tertiary/aromatic N) is 1. The van der Waals surface area contributed by atoms with Crippen LogP contribution in [-0.2, 0) is 17.8 Å². The molecule has 0 fully saturated rings. The highest BCUT2D eigenvalue weighted by molar-refractivity contribution is 5.95. The van der Waals surface area contributed by atoms with E-state index >= 15 is 0 Å². The summed E-state index contributed by atoms with van der Waals surface area (Å²) in [5.74, 6) is 2.65. The number of ether oxygens (including phenoxy) is 1. The quantitative estimate of drug-likeness (QED) is 0.340. The maximum atomic E-state index is 12.2. The van der Waals surface area contributed by atoms with Crippen molar-refractivity contribution in [2.24, 2.45) is 4.99 Å². The topological polar surface area (TPSA) is 101 Å². The molecular weight excluding hydrogens is 396 g/mol. The summed E-state index contributed by atoms with van der Waals surface area (Å²) < 4.78 is 16.2. The lowest BCUT2D eigenvalue weighted by molar-refractivity contribution is -0.119. The predicted molar refractivity (Wildman–Crippen MR) is 119 cm³/mol. The van der Waals surface area contributed by atoms with Gasteiger partial charge < -0.3 is 29.5 Å². The minimum atomic E-state index is -0.204. The molecule has 3 rings (SSSR count). The average molecular weight is 425 g/mol. The number of carbonyl (C=O) groups excluding carboxylic acids is 1. The molecule has 0 spiro atoms. The van der Waals surface area contributed by atoms with E-state index in [0.29, 0.717) is 31.2 Å². The minimum absolute atomic E-state index is 0.0225. The van der Waals surface area contributed by atoms with Crippen LogP contribution in [0.4, 0.5) is 5.69 Å². The van der Waals surface area contributed by atoms with Crippen molar-refractivity contribution in [2.75, 3.05) is 18.4 Å². The van der Waals surface area contributed by atoms with Crippen LogP contribution in [0.1, 0.15) is 25.4 Å². The number of anilines is 1. The van der Waals surface area contributed by atoms with Crippen molar-refractivity contribution in [1.82, 2.24) is 10.6 Å². The first-order valence-electron chi connectivity index (χ1n) is 10.2. The van der Waals surface area contributed by atoms with E-state index in [4.69, 9.17) is 13.6 Å². The summed E-state index contributed by atoms with van der Waals surface area (Å²) >= 11 is 0. The van der Waals surface area contributed by atoms with Crippen LogP contribution < -0.4 is 20.7 Å². The second kappa shape index (κ2) is 11.5. The zero-order valence-electron chi connectivity index (χ0n) is 17.8. The third kappa shape index (κ3) is 7.93. The van der Waals surface area contributed by atoms with Gasteiger partial charge >= 0.3 is 0 Å². The lowest BCUT2D eigenvalue weighted by Gasteiger charge is -2.14. The molecule has 0 saturated heterocycles. The number of furan rings is 2. The maximum absolute atomic E-state index is 12.2. The molecule has 0 aliphatic carbocycles. The molecule has 0 saturated carbocycles. The van der Waals surface area contributed by atoms with Crippen LogP contribution in [-0.4, -0.2) is 31.1 Å². The standard InChI is InChI=1S/C23H28N4O4/c1-17(2)31-20-9-7-18(8-10-20)27-23(24-12-11-19-5-3-13-29-19)26-16-22(28)25-15-21-6-4-14-30-21/h3-10,13-14,17H,11-12,15-16H2,1-2H3,(H,25,28)(H2,24,26,27). The largest absolute Gasteiger partial charge is 0.491 e. The summed E-state index contributed by atoms with van der Waals surface area (Å²) in [6.45, 7) is 4.87. The van der Waals surface area contributed by atoms with E-state index in [-0.39, 0.29) is 18.6 Å². The molecule has 3 N–H and O–H groups in total. The Balaban J connectivity index is 1.57. The Hall–Kier alpha value is -3.68. The highest BCUT2D eigenvalue weighted by Gasteiger charge is 2.06. The van der Waals surface area contributed by atoms with Gasteiger partial charge in [-0.05, 0) is 62.4 Å². The van der Waals surface area contributed by atoms with Crippen molar-refractivity contribution in [1.29, 1.82) is 0 Å². The number of hydrogen-bond donors (Lipinski definition) is 3. The molecule has 0 aliphatic heterocycles. The second-order valence-electron chi connectivity index (χ2n) is 7.09. The van der Waals surface area contributed by atoms with Gasteiger partial charge in [0.25, 0.3) is 0 Å². The Morgan fingerprint density at radius 1 is 1.00 bits per heavy atom. The Bertz CT molecular complexity index is 933. The number of hydrogen-bond acceptors (Lipinski definition) is 5. The van der Waals surface area contributed by atoms with Crippen LogP contribution in [0.2, 0.25) is 0 Å². The normalized spacial score (nSPS) is 11.4. The molecule has 31 heavy (non-hydrogen) atoms.